The summed E-state index contributed by atoms with van der Waals surface area (Å²) in [7, 11) is 0. The van der Waals surface area contributed by atoms with Gasteiger partial charge < -0.3 is 24.3 Å². The number of hydrogen-bond donors (Lipinski definition) is 1. The van der Waals surface area contributed by atoms with Gasteiger partial charge in [-0.15, -0.1) is 0 Å². The topological polar surface area (TPSA) is 128 Å². The van der Waals surface area contributed by atoms with Crippen molar-refractivity contribution >= 4 is 34.4 Å². The van der Waals surface area contributed by atoms with Crippen LogP contribution in [0.1, 0.15) is 33.6 Å². The molecule has 4 aromatic rings. The maximum atomic E-state index is 13.6. The molecule has 0 aromatic carbocycles. The standard InChI is InChI=1S/C20H27FN4O3.C10H7FN2O2/c1-20(2,3)28-19(27)23-15-6-8-24(9-7-15)10-11-25-17-12-14(21)13-22-16(17)4-5-18(25)26;11-7-5-9-8(12-6-7)1-2-10(15)13(9)3-4-14/h4-5,12-13,15H,6-11H2,1-3H3,(H,23,27);1-2,4-6H,3H2. The Morgan fingerprint density at radius 2 is 1.47 bits per heavy atom. The van der Waals surface area contributed by atoms with Crippen molar-refractivity contribution in [1.29, 1.82) is 0 Å². The highest BCUT2D eigenvalue weighted by Gasteiger charge is 2.23. The number of alkyl carbamates (subject to hydrolysis) is 1. The van der Waals surface area contributed by atoms with Crippen LogP contribution in [0.15, 0.2) is 58.4 Å². The van der Waals surface area contributed by atoms with Gasteiger partial charge in [-0.25, -0.2) is 13.6 Å². The number of aldehydes is 1. The minimum atomic E-state index is -0.534. The monoisotopic (exact) mass is 596 g/mol. The van der Waals surface area contributed by atoms with Gasteiger partial charge >= 0.3 is 6.09 Å². The van der Waals surface area contributed by atoms with E-state index in [1.165, 1.54) is 34.9 Å². The van der Waals surface area contributed by atoms with Crippen LogP contribution in [0.5, 0.6) is 0 Å². The van der Waals surface area contributed by atoms with Crippen molar-refractivity contribution in [3.63, 3.8) is 0 Å². The smallest absolute Gasteiger partial charge is 0.407 e. The second-order valence-electron chi connectivity index (χ2n) is 11.1. The number of piperidine rings is 1. The molecule has 43 heavy (non-hydrogen) atoms. The lowest BCUT2D eigenvalue weighted by molar-refractivity contribution is -0.108. The molecule has 228 valence electrons. The molecule has 0 unspecified atom stereocenters. The number of pyridine rings is 4. The maximum absolute atomic E-state index is 13.6. The highest BCUT2D eigenvalue weighted by Crippen LogP contribution is 2.15. The number of fused-ring (bicyclic) bond motifs is 2. The quantitative estimate of drug-likeness (QED) is 0.336. The lowest BCUT2D eigenvalue weighted by Crippen LogP contribution is -2.46. The van der Waals surface area contributed by atoms with Gasteiger partial charge in [-0.1, -0.05) is 0 Å². The van der Waals surface area contributed by atoms with E-state index in [4.69, 9.17) is 4.74 Å². The Morgan fingerprint density at radius 1 is 0.930 bits per heavy atom. The van der Waals surface area contributed by atoms with Crippen molar-refractivity contribution < 1.29 is 23.1 Å². The van der Waals surface area contributed by atoms with Crippen LogP contribution in [0, 0.1) is 11.6 Å². The number of carbonyl (C=O) groups excluding carboxylic acids is 2. The van der Waals surface area contributed by atoms with E-state index in [2.05, 4.69) is 20.2 Å². The third kappa shape index (κ3) is 8.51. The molecule has 1 aliphatic rings. The zero-order valence-electron chi connectivity index (χ0n) is 24.3. The van der Waals surface area contributed by atoms with Gasteiger partial charge in [-0.2, -0.15) is 0 Å². The fraction of sp³-hybridized carbons (Fsp3) is 0.400. The van der Waals surface area contributed by atoms with E-state index in [9.17, 15) is 28.0 Å². The van der Waals surface area contributed by atoms with E-state index in [0.29, 0.717) is 41.4 Å². The molecule has 1 saturated heterocycles. The molecule has 0 radical (unpaired) electrons. The number of nitrogens with zero attached hydrogens (tertiary/aromatic N) is 5. The Balaban J connectivity index is 0.000000237. The van der Waals surface area contributed by atoms with Gasteiger partial charge in [0.2, 0.25) is 0 Å². The molecule has 0 bridgehead atoms. The molecule has 4 aromatic heterocycles. The number of carbonyl (C=O) groups is 2. The molecule has 0 spiro atoms. The molecule has 11 nitrogen and oxygen atoms in total. The zero-order valence-corrected chi connectivity index (χ0v) is 24.3. The van der Waals surface area contributed by atoms with Crippen LogP contribution < -0.4 is 16.4 Å². The Kier molecular flexibility index (Phi) is 9.96. The average molecular weight is 597 g/mol. The van der Waals surface area contributed by atoms with Gasteiger partial charge in [0, 0.05) is 56.5 Å². The molecule has 0 aliphatic carbocycles. The molecule has 5 heterocycles. The minimum Gasteiger partial charge on any atom is -0.444 e. The van der Waals surface area contributed by atoms with Crippen molar-refractivity contribution in [1.82, 2.24) is 29.3 Å². The van der Waals surface area contributed by atoms with Crippen LogP contribution in [0.25, 0.3) is 22.1 Å². The molecule has 1 amide bonds. The largest absolute Gasteiger partial charge is 0.444 e. The summed E-state index contributed by atoms with van der Waals surface area (Å²) in [5.41, 5.74) is 0.899. The second-order valence-corrected chi connectivity index (χ2v) is 11.1. The molecule has 0 atom stereocenters. The third-order valence-corrected chi connectivity index (χ3v) is 6.81. The lowest BCUT2D eigenvalue weighted by Gasteiger charge is -2.33. The van der Waals surface area contributed by atoms with Crippen molar-refractivity contribution in [2.75, 3.05) is 19.6 Å². The summed E-state index contributed by atoms with van der Waals surface area (Å²) in [6, 6.07) is 8.50. The first-order valence-corrected chi connectivity index (χ1v) is 13.9. The molecule has 13 heteroatoms. The summed E-state index contributed by atoms with van der Waals surface area (Å²) in [6.45, 7) is 8.18. The maximum Gasteiger partial charge on any atom is 0.407 e. The number of likely N-dealkylation sites (tertiary alicyclic amines) is 1. The van der Waals surface area contributed by atoms with E-state index in [-0.39, 0.29) is 29.8 Å². The summed E-state index contributed by atoms with van der Waals surface area (Å²) in [5.74, 6) is -0.992. The highest BCUT2D eigenvalue weighted by molar-refractivity contribution is 5.75. The predicted molar refractivity (Wildman–Crippen MR) is 157 cm³/mol. The first-order chi connectivity index (χ1) is 20.4. The number of amides is 1. The van der Waals surface area contributed by atoms with Crippen LogP contribution in [-0.2, 0) is 22.6 Å². The SMILES string of the molecule is CC(C)(C)OC(=O)NC1CCN(CCn2c(=O)ccc3ncc(F)cc32)CC1.O=CCn1c(=O)ccc2ncc(F)cc21. The number of ether oxygens (including phenoxy) is 1. The van der Waals surface area contributed by atoms with Crippen molar-refractivity contribution in [2.24, 2.45) is 0 Å². The van der Waals surface area contributed by atoms with E-state index < -0.39 is 17.2 Å². The summed E-state index contributed by atoms with van der Waals surface area (Å²) in [6.07, 6.45) is 4.06. The van der Waals surface area contributed by atoms with Crippen LogP contribution in [0.4, 0.5) is 13.6 Å². The number of halogens is 2. The van der Waals surface area contributed by atoms with E-state index in [0.717, 1.165) is 38.3 Å². The number of hydrogen-bond acceptors (Lipinski definition) is 8. The lowest BCUT2D eigenvalue weighted by atomic mass is 10.1. The van der Waals surface area contributed by atoms with Gasteiger partial charge in [0.25, 0.3) is 11.1 Å². The molecular weight excluding hydrogens is 562 g/mol. The van der Waals surface area contributed by atoms with Gasteiger partial charge in [0.1, 0.15) is 23.5 Å². The van der Waals surface area contributed by atoms with Gasteiger partial charge in [0.05, 0.1) is 41.0 Å². The molecule has 0 saturated carbocycles. The molecule has 1 aliphatic heterocycles. The summed E-state index contributed by atoms with van der Waals surface area (Å²) in [5, 5.41) is 2.92. The van der Waals surface area contributed by atoms with Gasteiger partial charge in [-0.05, 0) is 45.7 Å². The first kappa shape index (κ1) is 31.4. The van der Waals surface area contributed by atoms with Crippen LogP contribution in [0.2, 0.25) is 0 Å². The third-order valence-electron chi connectivity index (χ3n) is 6.81. The fourth-order valence-corrected chi connectivity index (χ4v) is 4.80. The van der Waals surface area contributed by atoms with Crippen molar-refractivity contribution in [3.05, 3.63) is 81.1 Å². The molecular formula is C30H34F2N6O5. The summed E-state index contributed by atoms with van der Waals surface area (Å²) < 4.78 is 34.5. The Hall–Kier alpha value is -4.52. The zero-order chi connectivity index (χ0) is 31.1. The second kappa shape index (κ2) is 13.6. The molecule has 5 rings (SSSR count). The summed E-state index contributed by atoms with van der Waals surface area (Å²) in [4.78, 5) is 56.0. The Labute approximate surface area is 246 Å². The van der Waals surface area contributed by atoms with E-state index in [1.54, 1.807) is 10.6 Å². The summed E-state index contributed by atoms with van der Waals surface area (Å²) >= 11 is 0. The van der Waals surface area contributed by atoms with Crippen LogP contribution in [-0.4, -0.2) is 67.7 Å². The molecule has 1 N–H and O–H groups in total. The Morgan fingerprint density at radius 3 is 2.00 bits per heavy atom. The minimum absolute atomic E-state index is 0.0877. The van der Waals surface area contributed by atoms with E-state index in [1.807, 2.05) is 20.8 Å². The fourth-order valence-electron chi connectivity index (χ4n) is 4.80. The molecule has 1 fully saturated rings. The van der Waals surface area contributed by atoms with Crippen molar-refractivity contribution in [2.45, 2.75) is 58.3 Å². The van der Waals surface area contributed by atoms with Crippen LogP contribution >= 0.6 is 0 Å². The predicted octanol–water partition coefficient (Wildman–Crippen LogP) is 3.26. The van der Waals surface area contributed by atoms with Gasteiger partial charge in [0.15, 0.2) is 0 Å². The van der Waals surface area contributed by atoms with Crippen LogP contribution in [0.3, 0.4) is 0 Å². The average Bonchev–Trinajstić information content (AvgIpc) is 2.94. The van der Waals surface area contributed by atoms with Gasteiger partial charge in [-0.3, -0.25) is 24.1 Å². The first-order valence-electron chi connectivity index (χ1n) is 13.9. The number of nitrogens with one attached hydrogen (secondary N) is 1. The van der Waals surface area contributed by atoms with Crippen molar-refractivity contribution in [3.8, 4) is 0 Å². The normalized spacial score (nSPS) is 14.3. The van der Waals surface area contributed by atoms with E-state index >= 15 is 0 Å². The Bertz CT molecular complexity index is 1720. The number of rotatable bonds is 6. The number of aromatic nitrogens is 4. The highest BCUT2D eigenvalue weighted by atomic mass is 19.1.